The van der Waals surface area contributed by atoms with Crippen LogP contribution in [0.15, 0.2) is 48.5 Å². The summed E-state index contributed by atoms with van der Waals surface area (Å²) in [6.07, 6.45) is 1.24. The zero-order valence-corrected chi connectivity index (χ0v) is 15.4. The minimum absolute atomic E-state index is 0.0508. The monoisotopic (exact) mass is 386 g/mol. The van der Waals surface area contributed by atoms with Crippen LogP contribution >= 0.6 is 0 Å². The Morgan fingerprint density at radius 3 is 2.32 bits per heavy atom. The van der Waals surface area contributed by atoms with Crippen molar-refractivity contribution in [1.82, 2.24) is 10.2 Å². The Labute approximate surface area is 162 Å². The summed E-state index contributed by atoms with van der Waals surface area (Å²) < 4.78 is 13.1. The van der Waals surface area contributed by atoms with Crippen LogP contribution in [0.1, 0.15) is 27.9 Å². The van der Waals surface area contributed by atoms with Crippen molar-refractivity contribution in [1.29, 1.82) is 0 Å². The highest BCUT2D eigenvalue weighted by Gasteiger charge is 2.39. The predicted molar refractivity (Wildman–Crippen MR) is 101 cm³/mol. The Hall–Kier alpha value is -2.93. The molecule has 1 fully saturated rings. The summed E-state index contributed by atoms with van der Waals surface area (Å²) in [6.45, 7) is 1.19. The first-order chi connectivity index (χ1) is 13.4. The van der Waals surface area contributed by atoms with Crippen LogP contribution in [0.3, 0.4) is 0 Å². The molecule has 7 heteroatoms. The van der Waals surface area contributed by atoms with E-state index < -0.39 is 11.4 Å². The molecule has 1 aliphatic rings. The lowest BCUT2D eigenvalue weighted by Gasteiger charge is -2.27. The minimum Gasteiger partial charge on any atom is -0.478 e. The zero-order valence-electron chi connectivity index (χ0n) is 15.4. The Bertz CT molecular complexity index is 838. The van der Waals surface area contributed by atoms with Crippen molar-refractivity contribution in [3.05, 3.63) is 71.0 Å². The number of aliphatic hydroxyl groups excluding tert-OH is 1. The minimum atomic E-state index is -0.992. The molecular weight excluding hydrogens is 363 g/mol. The number of urea groups is 1. The lowest BCUT2D eigenvalue weighted by atomic mass is 9.81. The number of hydrogen-bond donors (Lipinski definition) is 3. The number of nitrogens with zero attached hydrogens (tertiary/aromatic N) is 1. The second-order valence-corrected chi connectivity index (χ2v) is 7.29. The van der Waals surface area contributed by atoms with Gasteiger partial charge in [0.15, 0.2) is 0 Å². The van der Waals surface area contributed by atoms with E-state index in [2.05, 4.69) is 5.32 Å². The smallest absolute Gasteiger partial charge is 0.335 e. The number of aromatic carboxylic acids is 1. The maximum absolute atomic E-state index is 13.1. The van der Waals surface area contributed by atoms with Gasteiger partial charge in [-0.05, 0) is 48.2 Å². The third-order valence-electron chi connectivity index (χ3n) is 5.20. The number of carboxylic acids is 1. The molecule has 0 saturated carbocycles. The van der Waals surface area contributed by atoms with Crippen LogP contribution < -0.4 is 5.32 Å². The van der Waals surface area contributed by atoms with Gasteiger partial charge in [-0.2, -0.15) is 0 Å². The third kappa shape index (κ3) is 4.67. The Kier molecular flexibility index (Phi) is 5.94. The fourth-order valence-electron chi connectivity index (χ4n) is 3.53. The number of carbonyl (C=O) groups excluding carboxylic acids is 1. The molecule has 3 N–H and O–H groups in total. The number of likely N-dealkylation sites (tertiary alicyclic amines) is 1. The van der Waals surface area contributed by atoms with Crippen LogP contribution in [-0.2, 0) is 13.0 Å². The number of benzene rings is 2. The maximum Gasteiger partial charge on any atom is 0.335 e. The van der Waals surface area contributed by atoms with Crippen molar-refractivity contribution in [2.75, 3.05) is 19.7 Å². The van der Waals surface area contributed by atoms with Gasteiger partial charge >= 0.3 is 12.0 Å². The van der Waals surface area contributed by atoms with Gasteiger partial charge in [-0.3, -0.25) is 0 Å². The van der Waals surface area contributed by atoms with E-state index >= 15 is 0 Å². The number of hydrogen-bond acceptors (Lipinski definition) is 3. The second kappa shape index (κ2) is 8.39. The summed E-state index contributed by atoms with van der Waals surface area (Å²) in [5.74, 6) is -1.29. The largest absolute Gasteiger partial charge is 0.478 e. The quantitative estimate of drug-likeness (QED) is 0.712. The molecule has 1 heterocycles. The highest BCUT2D eigenvalue weighted by Crippen LogP contribution is 2.34. The van der Waals surface area contributed by atoms with Crippen molar-refractivity contribution in [3.63, 3.8) is 0 Å². The first kappa shape index (κ1) is 19.8. The normalized spacial score (nSPS) is 18.9. The maximum atomic E-state index is 13.1. The summed E-state index contributed by atoms with van der Waals surface area (Å²) in [4.78, 5) is 25.0. The van der Waals surface area contributed by atoms with Crippen molar-refractivity contribution >= 4 is 12.0 Å². The first-order valence-electron chi connectivity index (χ1n) is 9.11. The number of carboxylic acid groups (broad SMARTS) is 1. The summed E-state index contributed by atoms with van der Waals surface area (Å²) in [6, 6.07) is 12.3. The molecular formula is C21H23FN2O4. The van der Waals surface area contributed by atoms with Gasteiger partial charge in [0.1, 0.15) is 5.82 Å². The Morgan fingerprint density at radius 2 is 1.71 bits per heavy atom. The van der Waals surface area contributed by atoms with Gasteiger partial charge in [0.25, 0.3) is 0 Å². The summed E-state index contributed by atoms with van der Waals surface area (Å²) in [5, 5.41) is 21.7. The molecule has 1 aliphatic heterocycles. The second-order valence-electron chi connectivity index (χ2n) is 7.29. The van der Waals surface area contributed by atoms with E-state index in [1.165, 1.54) is 24.3 Å². The van der Waals surface area contributed by atoms with Gasteiger partial charge < -0.3 is 20.4 Å². The predicted octanol–water partition coefficient (Wildman–Crippen LogP) is 2.66. The topological polar surface area (TPSA) is 89.9 Å². The fraction of sp³-hybridized carbons (Fsp3) is 0.333. The Balaban J connectivity index is 1.56. The molecule has 0 spiro atoms. The molecule has 2 aromatic carbocycles. The van der Waals surface area contributed by atoms with E-state index in [1.807, 2.05) is 0 Å². The number of amides is 2. The molecule has 0 aromatic heterocycles. The number of aliphatic hydroxyl groups is 1. The average molecular weight is 386 g/mol. The molecule has 0 aliphatic carbocycles. The average Bonchev–Trinajstić information content (AvgIpc) is 3.13. The van der Waals surface area contributed by atoms with E-state index in [0.717, 1.165) is 11.1 Å². The highest BCUT2D eigenvalue weighted by atomic mass is 19.1. The lowest BCUT2D eigenvalue weighted by Crippen LogP contribution is -2.40. The molecule has 0 bridgehead atoms. The molecule has 1 atom stereocenters. The van der Waals surface area contributed by atoms with E-state index in [1.54, 1.807) is 29.2 Å². The molecule has 0 radical (unpaired) electrons. The van der Waals surface area contributed by atoms with Crippen LogP contribution in [0.25, 0.3) is 0 Å². The van der Waals surface area contributed by atoms with Crippen LogP contribution in [0.2, 0.25) is 0 Å². The van der Waals surface area contributed by atoms with Gasteiger partial charge in [0, 0.05) is 25.0 Å². The molecule has 2 amide bonds. The third-order valence-corrected chi connectivity index (χ3v) is 5.20. The van der Waals surface area contributed by atoms with Crippen molar-refractivity contribution in [2.24, 2.45) is 5.41 Å². The van der Waals surface area contributed by atoms with Crippen LogP contribution in [0, 0.1) is 11.2 Å². The van der Waals surface area contributed by atoms with Gasteiger partial charge in [0.2, 0.25) is 0 Å². The van der Waals surface area contributed by atoms with E-state index in [4.69, 9.17) is 5.11 Å². The number of carbonyl (C=O) groups is 2. The van der Waals surface area contributed by atoms with E-state index in [0.29, 0.717) is 32.5 Å². The van der Waals surface area contributed by atoms with Crippen molar-refractivity contribution in [2.45, 2.75) is 19.4 Å². The SMILES string of the molecule is O=C(O)c1ccc(CNC(=O)N2CCC(CO)(Cc3ccc(F)cc3)C2)cc1. The van der Waals surface area contributed by atoms with Gasteiger partial charge in [-0.25, -0.2) is 14.0 Å². The number of nitrogens with one attached hydrogen (secondary N) is 1. The molecule has 148 valence electrons. The van der Waals surface area contributed by atoms with Gasteiger partial charge in [-0.15, -0.1) is 0 Å². The standard InChI is InChI=1S/C21H23FN2O4/c22-18-7-3-15(4-8-18)11-21(14-25)9-10-24(13-21)20(28)23-12-16-1-5-17(6-2-16)19(26)27/h1-8,25H,9-14H2,(H,23,28)(H,26,27). The van der Waals surface area contributed by atoms with E-state index in [9.17, 15) is 19.1 Å². The first-order valence-corrected chi connectivity index (χ1v) is 9.11. The summed E-state index contributed by atoms with van der Waals surface area (Å²) >= 11 is 0. The molecule has 3 rings (SSSR count). The summed E-state index contributed by atoms with van der Waals surface area (Å²) in [5.41, 5.74) is 1.50. The molecule has 1 saturated heterocycles. The summed E-state index contributed by atoms with van der Waals surface area (Å²) in [7, 11) is 0. The Morgan fingerprint density at radius 1 is 1.07 bits per heavy atom. The number of rotatable bonds is 6. The fourth-order valence-corrected chi connectivity index (χ4v) is 3.53. The van der Waals surface area contributed by atoms with Crippen LogP contribution in [0.4, 0.5) is 9.18 Å². The molecule has 6 nitrogen and oxygen atoms in total. The van der Waals surface area contributed by atoms with Crippen molar-refractivity contribution in [3.8, 4) is 0 Å². The molecule has 28 heavy (non-hydrogen) atoms. The van der Waals surface area contributed by atoms with E-state index in [-0.39, 0.29) is 24.0 Å². The lowest BCUT2D eigenvalue weighted by molar-refractivity contribution is 0.0697. The zero-order chi connectivity index (χ0) is 20.1. The van der Waals surface area contributed by atoms with Crippen molar-refractivity contribution < 1.29 is 24.2 Å². The van der Waals surface area contributed by atoms with Gasteiger partial charge in [-0.1, -0.05) is 24.3 Å². The van der Waals surface area contributed by atoms with Crippen LogP contribution in [0.5, 0.6) is 0 Å². The highest BCUT2D eigenvalue weighted by molar-refractivity contribution is 5.87. The molecule has 2 aromatic rings. The van der Waals surface area contributed by atoms with Gasteiger partial charge in [0.05, 0.1) is 12.2 Å². The van der Waals surface area contributed by atoms with Crippen LogP contribution in [-0.4, -0.2) is 46.8 Å². The molecule has 1 unspecified atom stereocenters. The number of halogens is 1.